The van der Waals surface area contributed by atoms with E-state index >= 15 is 0 Å². The van der Waals surface area contributed by atoms with Crippen LogP contribution in [0.15, 0.2) is 24.3 Å². The number of phenols is 1. The average Bonchev–Trinajstić information content (AvgIpc) is 2.89. The first-order valence-electron chi connectivity index (χ1n) is 5.94. The second-order valence-corrected chi connectivity index (χ2v) is 4.94. The summed E-state index contributed by atoms with van der Waals surface area (Å²) in [5, 5.41) is 22.0. The number of benzene rings is 1. The number of phenolic OH excluding ortho intramolecular Hbond substituents is 1. The molecule has 0 aliphatic carbocycles. The van der Waals surface area contributed by atoms with Gasteiger partial charge >= 0.3 is 5.97 Å². The zero-order valence-corrected chi connectivity index (χ0v) is 9.34. The Kier molecular flexibility index (Phi) is 2.33. The van der Waals surface area contributed by atoms with Crippen molar-refractivity contribution in [1.82, 2.24) is 5.32 Å². The second kappa shape index (κ2) is 3.74. The molecule has 2 heterocycles. The molecule has 0 aromatic heterocycles. The van der Waals surface area contributed by atoms with Crippen LogP contribution in [0.25, 0.3) is 0 Å². The van der Waals surface area contributed by atoms with Crippen LogP contribution in [0.2, 0.25) is 0 Å². The summed E-state index contributed by atoms with van der Waals surface area (Å²) >= 11 is 0. The monoisotopic (exact) mass is 233 g/mol. The molecule has 17 heavy (non-hydrogen) atoms. The lowest BCUT2D eigenvalue weighted by atomic mass is 9.75. The summed E-state index contributed by atoms with van der Waals surface area (Å²) in [6.07, 6.45) is 2.00. The molecule has 4 unspecified atom stereocenters. The lowest BCUT2D eigenvalue weighted by Crippen LogP contribution is -2.32. The number of carbonyl (C=O) groups is 1. The zero-order valence-electron chi connectivity index (χ0n) is 9.34. The van der Waals surface area contributed by atoms with Crippen molar-refractivity contribution in [2.75, 3.05) is 0 Å². The van der Waals surface area contributed by atoms with Crippen molar-refractivity contribution in [3.05, 3.63) is 29.8 Å². The van der Waals surface area contributed by atoms with E-state index in [1.165, 1.54) is 0 Å². The molecule has 4 atom stereocenters. The van der Waals surface area contributed by atoms with E-state index < -0.39 is 5.97 Å². The maximum absolute atomic E-state index is 11.4. The smallest absolute Gasteiger partial charge is 0.308 e. The van der Waals surface area contributed by atoms with E-state index in [0.29, 0.717) is 0 Å². The van der Waals surface area contributed by atoms with Crippen LogP contribution in [-0.2, 0) is 4.79 Å². The van der Waals surface area contributed by atoms with Gasteiger partial charge in [0.2, 0.25) is 0 Å². The molecule has 4 heteroatoms. The van der Waals surface area contributed by atoms with Gasteiger partial charge in [-0.25, -0.2) is 0 Å². The Hall–Kier alpha value is -1.55. The molecule has 3 rings (SSSR count). The van der Waals surface area contributed by atoms with Crippen molar-refractivity contribution >= 4 is 5.97 Å². The van der Waals surface area contributed by atoms with E-state index in [1.54, 1.807) is 12.1 Å². The highest BCUT2D eigenvalue weighted by Gasteiger charge is 2.51. The minimum absolute atomic E-state index is 0.0341. The van der Waals surface area contributed by atoms with Crippen LogP contribution >= 0.6 is 0 Å². The Morgan fingerprint density at radius 1 is 1.18 bits per heavy atom. The van der Waals surface area contributed by atoms with Crippen molar-refractivity contribution in [1.29, 1.82) is 0 Å². The van der Waals surface area contributed by atoms with Gasteiger partial charge in [-0.3, -0.25) is 4.79 Å². The van der Waals surface area contributed by atoms with Crippen LogP contribution in [-0.4, -0.2) is 28.3 Å². The van der Waals surface area contributed by atoms with E-state index in [1.807, 2.05) is 12.1 Å². The molecule has 2 aliphatic rings. The fourth-order valence-electron chi connectivity index (χ4n) is 3.33. The summed E-state index contributed by atoms with van der Waals surface area (Å²) in [7, 11) is 0. The highest BCUT2D eigenvalue weighted by molar-refractivity contribution is 5.73. The Balaban J connectivity index is 1.95. The number of carboxylic acids is 1. The van der Waals surface area contributed by atoms with Crippen molar-refractivity contribution in [2.45, 2.75) is 30.8 Å². The first kappa shape index (κ1) is 10.6. The molecular weight excluding hydrogens is 218 g/mol. The van der Waals surface area contributed by atoms with Gasteiger partial charge in [-0.2, -0.15) is 0 Å². The number of aromatic hydroxyl groups is 1. The van der Waals surface area contributed by atoms with Crippen molar-refractivity contribution in [3.8, 4) is 5.75 Å². The summed E-state index contributed by atoms with van der Waals surface area (Å²) < 4.78 is 0. The van der Waals surface area contributed by atoms with Gasteiger partial charge in [-0.15, -0.1) is 0 Å². The molecule has 90 valence electrons. The lowest BCUT2D eigenvalue weighted by molar-refractivity contribution is -0.142. The molecule has 4 nitrogen and oxygen atoms in total. The number of aliphatic carboxylic acids is 1. The summed E-state index contributed by atoms with van der Waals surface area (Å²) in [5.74, 6) is -0.801. The highest BCUT2D eigenvalue weighted by atomic mass is 16.4. The Morgan fingerprint density at radius 2 is 1.82 bits per heavy atom. The molecule has 2 saturated heterocycles. The number of hydrogen-bond acceptors (Lipinski definition) is 3. The van der Waals surface area contributed by atoms with E-state index in [-0.39, 0.29) is 29.7 Å². The Bertz CT molecular complexity index is 442. The average molecular weight is 233 g/mol. The first-order chi connectivity index (χ1) is 8.16. The predicted molar refractivity (Wildman–Crippen MR) is 61.9 cm³/mol. The summed E-state index contributed by atoms with van der Waals surface area (Å²) in [5.41, 5.74) is 1.01. The number of nitrogens with one attached hydrogen (secondary N) is 1. The number of fused-ring (bicyclic) bond motifs is 2. The molecule has 1 aromatic carbocycles. The molecule has 0 spiro atoms. The largest absolute Gasteiger partial charge is 0.508 e. The van der Waals surface area contributed by atoms with Crippen molar-refractivity contribution < 1.29 is 15.0 Å². The van der Waals surface area contributed by atoms with Gasteiger partial charge in [-0.1, -0.05) is 12.1 Å². The third-order valence-electron chi connectivity index (χ3n) is 4.03. The number of hydrogen-bond donors (Lipinski definition) is 3. The van der Waals surface area contributed by atoms with Gasteiger partial charge in [0.25, 0.3) is 0 Å². The fourth-order valence-corrected chi connectivity index (χ4v) is 3.33. The minimum Gasteiger partial charge on any atom is -0.508 e. The molecule has 0 saturated carbocycles. The second-order valence-electron chi connectivity index (χ2n) is 4.94. The third kappa shape index (κ3) is 1.60. The van der Waals surface area contributed by atoms with Gasteiger partial charge in [-0.05, 0) is 30.5 Å². The van der Waals surface area contributed by atoms with Crippen molar-refractivity contribution in [2.24, 2.45) is 5.92 Å². The minimum atomic E-state index is -0.720. The normalized spacial score (nSPS) is 35.1. The highest BCUT2D eigenvalue weighted by Crippen LogP contribution is 2.44. The van der Waals surface area contributed by atoms with Crippen LogP contribution in [0.4, 0.5) is 0 Å². The van der Waals surface area contributed by atoms with E-state index in [9.17, 15) is 15.0 Å². The van der Waals surface area contributed by atoms with Gasteiger partial charge in [0, 0.05) is 18.0 Å². The SMILES string of the molecule is O=C(O)C1C2CCC(N2)C1c1ccc(O)cc1. The summed E-state index contributed by atoms with van der Waals surface area (Å²) in [6.45, 7) is 0. The molecule has 2 fully saturated rings. The van der Waals surface area contributed by atoms with Crippen LogP contribution in [0.3, 0.4) is 0 Å². The fraction of sp³-hybridized carbons (Fsp3) is 0.462. The quantitative estimate of drug-likeness (QED) is 0.720. The molecule has 2 aliphatic heterocycles. The van der Waals surface area contributed by atoms with E-state index in [4.69, 9.17) is 0 Å². The van der Waals surface area contributed by atoms with Gasteiger partial charge in [0.15, 0.2) is 0 Å². The topological polar surface area (TPSA) is 69.6 Å². The molecule has 2 bridgehead atoms. The summed E-state index contributed by atoms with van der Waals surface area (Å²) in [6, 6.07) is 7.29. The number of rotatable bonds is 2. The molecule has 3 N–H and O–H groups in total. The maximum Gasteiger partial charge on any atom is 0.308 e. The standard InChI is InChI=1S/C13H15NO3/c15-8-3-1-7(2-4-8)11-9-5-6-10(14-9)12(11)13(16)17/h1-4,9-12,14-15H,5-6H2,(H,16,17). The zero-order chi connectivity index (χ0) is 12.0. The third-order valence-corrected chi connectivity index (χ3v) is 4.03. The van der Waals surface area contributed by atoms with Crippen LogP contribution in [0.1, 0.15) is 24.3 Å². The molecular formula is C13H15NO3. The van der Waals surface area contributed by atoms with Crippen LogP contribution in [0, 0.1) is 5.92 Å². The molecule has 0 radical (unpaired) electrons. The number of carboxylic acid groups (broad SMARTS) is 1. The Labute approximate surface area is 99.3 Å². The molecule has 1 aromatic rings. The van der Waals surface area contributed by atoms with Crippen LogP contribution < -0.4 is 5.32 Å². The maximum atomic E-state index is 11.4. The Morgan fingerprint density at radius 3 is 2.47 bits per heavy atom. The first-order valence-corrected chi connectivity index (χ1v) is 5.94. The van der Waals surface area contributed by atoms with Gasteiger partial charge in [0.05, 0.1) is 5.92 Å². The van der Waals surface area contributed by atoms with Crippen LogP contribution in [0.5, 0.6) is 5.75 Å². The van der Waals surface area contributed by atoms with E-state index in [2.05, 4.69) is 5.32 Å². The van der Waals surface area contributed by atoms with Crippen molar-refractivity contribution in [3.63, 3.8) is 0 Å². The van der Waals surface area contributed by atoms with Gasteiger partial charge < -0.3 is 15.5 Å². The predicted octanol–water partition coefficient (Wildman–Crippen LogP) is 1.31. The van der Waals surface area contributed by atoms with Gasteiger partial charge in [0.1, 0.15) is 5.75 Å². The lowest BCUT2D eigenvalue weighted by Gasteiger charge is -2.26. The molecule has 0 amide bonds. The van der Waals surface area contributed by atoms with E-state index in [0.717, 1.165) is 18.4 Å². The summed E-state index contributed by atoms with van der Waals surface area (Å²) in [4.78, 5) is 11.4.